The maximum absolute atomic E-state index is 14.8. The van der Waals surface area contributed by atoms with E-state index in [1.54, 1.807) is 18.4 Å². The molecule has 1 heterocycles. The van der Waals surface area contributed by atoms with Gasteiger partial charge in [0.1, 0.15) is 17.9 Å². The Morgan fingerprint density at radius 3 is 2.66 bits per heavy atom. The largest absolute Gasteiger partial charge is 0.612 e. The third-order valence-corrected chi connectivity index (χ3v) is 6.54. The molecule has 0 saturated carbocycles. The van der Waals surface area contributed by atoms with Crippen LogP contribution in [0.15, 0.2) is 41.3 Å². The summed E-state index contributed by atoms with van der Waals surface area (Å²) in [4.78, 5) is 12.1. The standard InChI is InChI=1S/C22H21F2NO3S/c1-29(28)16-7-5-13(6-8-16)12-25-21-14(9-20(26)27)3-2-4-17(21)18-10-15(23)11-19(24)22(18)25/h5-8,10-11,14H,2-4,9,12H2,1H3,(H,26,27). The average molecular weight is 417 g/mol. The predicted octanol–water partition coefficient (Wildman–Crippen LogP) is 4.60. The molecule has 7 heteroatoms. The highest BCUT2D eigenvalue weighted by atomic mass is 32.2. The van der Waals surface area contributed by atoms with Crippen LogP contribution in [0.25, 0.3) is 10.9 Å². The molecule has 0 bridgehead atoms. The molecule has 152 valence electrons. The van der Waals surface area contributed by atoms with Gasteiger partial charge < -0.3 is 14.2 Å². The van der Waals surface area contributed by atoms with Crippen LogP contribution >= 0.6 is 0 Å². The van der Waals surface area contributed by atoms with E-state index in [9.17, 15) is 23.2 Å². The maximum Gasteiger partial charge on any atom is 0.304 e. The minimum Gasteiger partial charge on any atom is -0.612 e. The summed E-state index contributed by atoms with van der Waals surface area (Å²) >= 11 is -1.09. The summed E-state index contributed by atoms with van der Waals surface area (Å²) in [6.07, 6.45) is 3.73. The monoisotopic (exact) mass is 417 g/mol. The number of carboxylic acids is 1. The van der Waals surface area contributed by atoms with Gasteiger partial charge in [0.05, 0.1) is 11.9 Å². The first-order valence-corrected chi connectivity index (χ1v) is 11.0. The first-order valence-electron chi connectivity index (χ1n) is 9.49. The lowest BCUT2D eigenvalue weighted by Crippen LogP contribution is -2.17. The Balaban J connectivity index is 1.88. The molecule has 29 heavy (non-hydrogen) atoms. The zero-order valence-corrected chi connectivity index (χ0v) is 16.8. The average Bonchev–Trinajstić information content (AvgIpc) is 2.96. The summed E-state index contributed by atoms with van der Waals surface area (Å²) in [5.41, 5.74) is 2.84. The van der Waals surface area contributed by atoms with Gasteiger partial charge in [-0.2, -0.15) is 0 Å². The molecule has 2 atom stereocenters. The van der Waals surface area contributed by atoms with E-state index in [0.29, 0.717) is 35.2 Å². The van der Waals surface area contributed by atoms with Crippen molar-refractivity contribution in [3.8, 4) is 0 Å². The van der Waals surface area contributed by atoms with Gasteiger partial charge in [0.25, 0.3) is 0 Å². The Morgan fingerprint density at radius 1 is 1.28 bits per heavy atom. The molecule has 4 nitrogen and oxygen atoms in total. The summed E-state index contributed by atoms with van der Waals surface area (Å²) in [5.74, 6) is -2.42. The Bertz CT molecular complexity index is 1080. The van der Waals surface area contributed by atoms with Gasteiger partial charge in [-0.05, 0) is 59.8 Å². The van der Waals surface area contributed by atoms with E-state index in [-0.39, 0.29) is 12.3 Å². The van der Waals surface area contributed by atoms with Gasteiger partial charge in [0, 0.05) is 29.6 Å². The van der Waals surface area contributed by atoms with E-state index >= 15 is 0 Å². The Kier molecular flexibility index (Phi) is 5.36. The summed E-state index contributed by atoms with van der Waals surface area (Å²) < 4.78 is 42.2. The number of aliphatic carboxylic acids is 1. The quantitative estimate of drug-likeness (QED) is 0.617. The summed E-state index contributed by atoms with van der Waals surface area (Å²) in [6.45, 7) is 0.334. The van der Waals surface area contributed by atoms with Crippen molar-refractivity contribution in [2.24, 2.45) is 0 Å². The van der Waals surface area contributed by atoms with Crippen LogP contribution in [-0.2, 0) is 28.9 Å². The molecule has 0 saturated heterocycles. The van der Waals surface area contributed by atoms with Gasteiger partial charge in [0.15, 0.2) is 4.90 Å². The lowest BCUT2D eigenvalue weighted by atomic mass is 9.84. The van der Waals surface area contributed by atoms with Crippen LogP contribution in [0.3, 0.4) is 0 Å². The molecule has 1 aliphatic carbocycles. The highest BCUT2D eigenvalue weighted by Crippen LogP contribution is 2.41. The molecule has 2 unspecified atom stereocenters. The van der Waals surface area contributed by atoms with E-state index in [4.69, 9.17) is 0 Å². The number of halogens is 2. The number of hydrogen-bond acceptors (Lipinski definition) is 2. The normalized spacial score (nSPS) is 17.3. The van der Waals surface area contributed by atoms with E-state index in [1.165, 1.54) is 6.07 Å². The molecule has 1 aliphatic rings. The number of fused-ring (bicyclic) bond motifs is 3. The first kappa shape index (κ1) is 19.9. The van der Waals surface area contributed by atoms with Crippen LogP contribution in [0.5, 0.6) is 0 Å². The molecule has 4 rings (SSSR count). The Hall–Kier alpha value is -2.38. The van der Waals surface area contributed by atoms with Crippen molar-refractivity contribution in [3.05, 3.63) is 64.9 Å². The molecule has 0 spiro atoms. The van der Waals surface area contributed by atoms with Crippen molar-refractivity contribution in [2.45, 2.75) is 43.0 Å². The number of aromatic nitrogens is 1. The van der Waals surface area contributed by atoms with Crippen molar-refractivity contribution >= 4 is 28.0 Å². The fourth-order valence-electron chi connectivity index (χ4n) is 4.43. The van der Waals surface area contributed by atoms with Crippen LogP contribution in [0.2, 0.25) is 0 Å². The second-order valence-electron chi connectivity index (χ2n) is 7.52. The number of carbonyl (C=O) groups is 1. The van der Waals surface area contributed by atoms with Gasteiger partial charge >= 0.3 is 5.97 Å². The topological polar surface area (TPSA) is 65.3 Å². The maximum atomic E-state index is 14.8. The van der Waals surface area contributed by atoms with Crippen LogP contribution in [0, 0.1) is 11.6 Å². The molecule has 1 aromatic heterocycles. The van der Waals surface area contributed by atoms with Crippen LogP contribution in [0.4, 0.5) is 8.78 Å². The number of benzene rings is 2. The van der Waals surface area contributed by atoms with Crippen molar-refractivity contribution in [2.75, 3.05) is 6.26 Å². The second kappa shape index (κ2) is 7.80. The number of nitrogens with zero attached hydrogens (tertiary/aromatic N) is 1. The molecule has 0 radical (unpaired) electrons. The molecule has 2 aromatic carbocycles. The van der Waals surface area contributed by atoms with E-state index in [1.807, 2.05) is 16.7 Å². The predicted molar refractivity (Wildman–Crippen MR) is 108 cm³/mol. The smallest absolute Gasteiger partial charge is 0.304 e. The van der Waals surface area contributed by atoms with E-state index in [0.717, 1.165) is 29.3 Å². The van der Waals surface area contributed by atoms with E-state index in [2.05, 4.69) is 0 Å². The fraction of sp³-hybridized carbons (Fsp3) is 0.318. The van der Waals surface area contributed by atoms with Gasteiger partial charge in [-0.1, -0.05) is 12.1 Å². The molecule has 0 aliphatic heterocycles. The number of hydrogen-bond donors (Lipinski definition) is 1. The van der Waals surface area contributed by atoms with Crippen molar-refractivity contribution in [1.29, 1.82) is 0 Å². The van der Waals surface area contributed by atoms with Gasteiger partial charge in [0.2, 0.25) is 0 Å². The molecule has 3 aromatic rings. The van der Waals surface area contributed by atoms with Crippen molar-refractivity contribution < 1.29 is 23.2 Å². The van der Waals surface area contributed by atoms with Crippen LogP contribution < -0.4 is 0 Å². The lowest BCUT2D eigenvalue weighted by Gasteiger charge is -2.24. The zero-order valence-electron chi connectivity index (χ0n) is 16.0. The second-order valence-corrected chi connectivity index (χ2v) is 8.90. The minimum atomic E-state index is -1.09. The number of rotatable bonds is 5. The fourth-order valence-corrected chi connectivity index (χ4v) is 4.95. The van der Waals surface area contributed by atoms with Gasteiger partial charge in [-0.15, -0.1) is 0 Å². The number of aryl methyl sites for hydroxylation is 1. The third-order valence-electron chi connectivity index (χ3n) is 5.61. The summed E-state index contributed by atoms with van der Waals surface area (Å²) in [5, 5.41) is 9.88. The molecule has 0 fully saturated rings. The van der Waals surface area contributed by atoms with Crippen molar-refractivity contribution in [3.63, 3.8) is 0 Å². The minimum absolute atomic E-state index is 0.0405. The molecular formula is C22H21F2NO3S. The Morgan fingerprint density at radius 2 is 2.00 bits per heavy atom. The molecular weight excluding hydrogens is 396 g/mol. The highest BCUT2D eigenvalue weighted by Gasteiger charge is 2.30. The first-order chi connectivity index (χ1) is 13.8. The molecule has 1 N–H and O–H groups in total. The van der Waals surface area contributed by atoms with E-state index < -0.39 is 28.8 Å². The van der Waals surface area contributed by atoms with Crippen molar-refractivity contribution in [1.82, 2.24) is 4.57 Å². The zero-order chi connectivity index (χ0) is 20.7. The SMILES string of the molecule is C[S+]([O-])c1ccc(Cn2c3c(c4cc(F)cc(F)c42)CCCC3CC(=O)O)cc1. The Labute approximate surface area is 170 Å². The summed E-state index contributed by atoms with van der Waals surface area (Å²) in [7, 11) is 0. The van der Waals surface area contributed by atoms with Crippen LogP contribution in [0.1, 0.15) is 42.0 Å². The van der Waals surface area contributed by atoms with Gasteiger partial charge in [-0.3, -0.25) is 4.79 Å². The number of carboxylic acid groups (broad SMARTS) is 1. The molecule has 0 amide bonds. The van der Waals surface area contributed by atoms with Crippen LogP contribution in [-0.4, -0.2) is 26.5 Å². The highest BCUT2D eigenvalue weighted by molar-refractivity contribution is 7.90. The summed E-state index contributed by atoms with van der Waals surface area (Å²) in [6, 6.07) is 9.44. The van der Waals surface area contributed by atoms with Gasteiger partial charge in [-0.25, -0.2) is 8.78 Å². The lowest BCUT2D eigenvalue weighted by molar-refractivity contribution is -0.137. The third kappa shape index (κ3) is 3.76.